The Morgan fingerprint density at radius 1 is 0.958 bits per heavy atom. The molecule has 1 aromatic rings. The summed E-state index contributed by atoms with van der Waals surface area (Å²) in [4.78, 5) is 24.0. The highest BCUT2D eigenvalue weighted by Gasteiger charge is 2.24. The molecule has 132 valence electrons. The van der Waals surface area contributed by atoms with Crippen molar-refractivity contribution in [3.8, 4) is 0 Å². The third-order valence-electron chi connectivity index (χ3n) is 3.85. The molecule has 0 aliphatic rings. The lowest BCUT2D eigenvalue weighted by Gasteiger charge is -2.13. The first kappa shape index (κ1) is 19.9. The van der Waals surface area contributed by atoms with E-state index in [2.05, 4.69) is 6.92 Å². The first-order valence-electron chi connectivity index (χ1n) is 8.80. The number of rotatable bonds is 11. The molecule has 0 atom stereocenters. The van der Waals surface area contributed by atoms with Crippen molar-refractivity contribution >= 4 is 17.5 Å². The molecule has 0 saturated carbocycles. The number of esters is 1. The Kier molecular flexibility index (Phi) is 9.51. The number of unbranched alkanes of at least 4 members (excludes halogenated alkanes) is 4. The fraction of sp³-hybridized carbons (Fsp3) is 0.500. The third-order valence-corrected chi connectivity index (χ3v) is 3.85. The Morgan fingerprint density at radius 3 is 2.21 bits per heavy atom. The molecule has 1 N–H and O–H groups in total. The van der Waals surface area contributed by atoms with Crippen molar-refractivity contribution < 1.29 is 19.4 Å². The largest absolute Gasteiger partial charge is 0.477 e. The van der Waals surface area contributed by atoms with Crippen LogP contribution >= 0.6 is 0 Å². The predicted molar refractivity (Wildman–Crippen MR) is 95.6 cm³/mol. The van der Waals surface area contributed by atoms with Crippen LogP contribution in [-0.2, 0) is 14.3 Å². The van der Waals surface area contributed by atoms with E-state index >= 15 is 0 Å². The van der Waals surface area contributed by atoms with Gasteiger partial charge < -0.3 is 9.84 Å². The fourth-order valence-corrected chi connectivity index (χ4v) is 2.50. The average Bonchev–Trinajstić information content (AvgIpc) is 2.58. The number of hydrogen-bond donors (Lipinski definition) is 1. The summed E-state index contributed by atoms with van der Waals surface area (Å²) < 4.78 is 5.16. The van der Waals surface area contributed by atoms with Gasteiger partial charge in [0.05, 0.1) is 6.61 Å². The van der Waals surface area contributed by atoms with Crippen LogP contribution in [0.1, 0.15) is 64.4 Å². The van der Waals surface area contributed by atoms with Gasteiger partial charge in [-0.3, -0.25) is 0 Å². The molecule has 4 nitrogen and oxygen atoms in total. The molecule has 0 radical (unpaired) electrons. The molecule has 0 saturated heterocycles. The first-order valence-corrected chi connectivity index (χ1v) is 8.80. The molecular formula is C20H28O4. The molecule has 1 rings (SSSR count). The summed E-state index contributed by atoms with van der Waals surface area (Å²) in [5.74, 6) is -1.95. The highest BCUT2D eigenvalue weighted by molar-refractivity contribution is 6.19. The van der Waals surface area contributed by atoms with Crippen LogP contribution in [0.2, 0.25) is 0 Å². The van der Waals surface area contributed by atoms with Gasteiger partial charge in [0.1, 0.15) is 5.57 Å². The maximum atomic E-state index is 12.3. The van der Waals surface area contributed by atoms with E-state index in [0.717, 1.165) is 44.1 Å². The summed E-state index contributed by atoms with van der Waals surface area (Å²) in [6, 6.07) is 9.26. The van der Waals surface area contributed by atoms with Gasteiger partial charge >= 0.3 is 11.9 Å². The smallest absolute Gasteiger partial charge is 0.345 e. The van der Waals surface area contributed by atoms with E-state index in [0.29, 0.717) is 12.0 Å². The van der Waals surface area contributed by atoms with Crippen LogP contribution < -0.4 is 0 Å². The Bertz CT molecular complexity index is 546. The summed E-state index contributed by atoms with van der Waals surface area (Å²) in [6.45, 7) is 4.37. The minimum atomic E-state index is -1.22. The van der Waals surface area contributed by atoms with Crippen molar-refractivity contribution in [2.24, 2.45) is 0 Å². The second kappa shape index (κ2) is 11.4. The fourth-order valence-electron chi connectivity index (χ4n) is 2.50. The van der Waals surface area contributed by atoms with Crippen molar-refractivity contribution in [3.05, 3.63) is 41.5 Å². The summed E-state index contributed by atoms with van der Waals surface area (Å²) >= 11 is 0. The molecule has 0 unspecified atom stereocenters. The van der Waals surface area contributed by atoms with Gasteiger partial charge in [-0.25, -0.2) is 9.59 Å². The summed E-state index contributed by atoms with van der Waals surface area (Å²) in [7, 11) is 0. The Hall–Kier alpha value is -2.10. The van der Waals surface area contributed by atoms with E-state index in [9.17, 15) is 14.7 Å². The van der Waals surface area contributed by atoms with Crippen molar-refractivity contribution in [3.63, 3.8) is 0 Å². The van der Waals surface area contributed by atoms with Crippen molar-refractivity contribution in [2.45, 2.75) is 58.8 Å². The summed E-state index contributed by atoms with van der Waals surface area (Å²) in [6.07, 6.45) is 6.27. The van der Waals surface area contributed by atoms with E-state index in [1.807, 2.05) is 37.3 Å². The zero-order chi connectivity index (χ0) is 17.8. The monoisotopic (exact) mass is 332 g/mol. The number of ether oxygens (including phenoxy) is 1. The van der Waals surface area contributed by atoms with Crippen LogP contribution in [0.15, 0.2) is 35.9 Å². The standard InChI is InChI=1S/C20H28O4/c1-3-5-7-11-14-17(16-12-9-8-10-13-16)18(19(21)22)20(23)24-15-6-4-2/h8-10,12-13H,3-7,11,14-15H2,1-2H3,(H,21,22). The van der Waals surface area contributed by atoms with Crippen LogP contribution in [0.3, 0.4) is 0 Å². The molecule has 4 heteroatoms. The molecule has 1 aromatic carbocycles. The summed E-state index contributed by atoms with van der Waals surface area (Å²) in [5.41, 5.74) is 1.12. The zero-order valence-corrected chi connectivity index (χ0v) is 14.7. The lowest BCUT2D eigenvalue weighted by Crippen LogP contribution is -2.18. The average molecular weight is 332 g/mol. The van der Waals surface area contributed by atoms with Gasteiger partial charge in [-0.15, -0.1) is 0 Å². The van der Waals surface area contributed by atoms with Gasteiger partial charge in [0.2, 0.25) is 0 Å². The highest BCUT2D eigenvalue weighted by atomic mass is 16.5. The Morgan fingerprint density at radius 2 is 1.62 bits per heavy atom. The quantitative estimate of drug-likeness (QED) is 0.207. The lowest BCUT2D eigenvalue weighted by molar-refractivity contribution is -0.144. The molecule has 0 bridgehead atoms. The number of carboxylic acids is 1. The normalized spacial score (nSPS) is 11.8. The molecule has 0 fully saturated rings. The van der Waals surface area contributed by atoms with Crippen LogP contribution in [0, 0.1) is 0 Å². The second-order valence-electron chi connectivity index (χ2n) is 5.82. The van der Waals surface area contributed by atoms with Gasteiger partial charge in [0.25, 0.3) is 0 Å². The molecule has 0 heterocycles. The van der Waals surface area contributed by atoms with Crippen LogP contribution in [0.5, 0.6) is 0 Å². The van der Waals surface area contributed by atoms with Gasteiger partial charge in [0, 0.05) is 0 Å². The number of hydrogen-bond acceptors (Lipinski definition) is 3. The maximum Gasteiger partial charge on any atom is 0.345 e. The number of carboxylic acid groups (broad SMARTS) is 1. The van der Waals surface area contributed by atoms with E-state index < -0.39 is 11.9 Å². The molecular weight excluding hydrogens is 304 g/mol. The molecule has 0 amide bonds. The third kappa shape index (κ3) is 6.57. The highest BCUT2D eigenvalue weighted by Crippen LogP contribution is 2.26. The maximum absolute atomic E-state index is 12.3. The van der Waals surface area contributed by atoms with E-state index in [4.69, 9.17) is 4.74 Å². The van der Waals surface area contributed by atoms with Gasteiger partial charge in [0.15, 0.2) is 0 Å². The first-order chi connectivity index (χ1) is 11.6. The second-order valence-corrected chi connectivity index (χ2v) is 5.82. The molecule has 0 aliphatic carbocycles. The van der Waals surface area contributed by atoms with E-state index in [-0.39, 0.29) is 12.2 Å². The van der Waals surface area contributed by atoms with E-state index in [1.54, 1.807) is 0 Å². The Labute approximate surface area is 144 Å². The van der Waals surface area contributed by atoms with Crippen molar-refractivity contribution in [1.82, 2.24) is 0 Å². The lowest BCUT2D eigenvalue weighted by atomic mass is 9.94. The number of benzene rings is 1. The van der Waals surface area contributed by atoms with Crippen LogP contribution in [0.25, 0.3) is 5.57 Å². The predicted octanol–water partition coefficient (Wildman–Crippen LogP) is 4.84. The number of aliphatic carboxylic acids is 1. The van der Waals surface area contributed by atoms with Crippen LogP contribution in [-0.4, -0.2) is 23.7 Å². The van der Waals surface area contributed by atoms with Crippen LogP contribution in [0.4, 0.5) is 0 Å². The zero-order valence-electron chi connectivity index (χ0n) is 14.7. The molecule has 24 heavy (non-hydrogen) atoms. The molecule has 0 aromatic heterocycles. The molecule has 0 aliphatic heterocycles. The number of allylic oxidation sites excluding steroid dienone is 1. The molecule has 0 spiro atoms. The van der Waals surface area contributed by atoms with Crippen molar-refractivity contribution in [1.29, 1.82) is 0 Å². The Balaban J connectivity index is 3.09. The minimum Gasteiger partial charge on any atom is -0.477 e. The van der Waals surface area contributed by atoms with Gasteiger partial charge in [-0.1, -0.05) is 69.9 Å². The van der Waals surface area contributed by atoms with Gasteiger partial charge in [-0.05, 0) is 30.4 Å². The topological polar surface area (TPSA) is 63.6 Å². The summed E-state index contributed by atoms with van der Waals surface area (Å²) in [5, 5.41) is 9.58. The van der Waals surface area contributed by atoms with E-state index in [1.165, 1.54) is 0 Å². The number of carbonyl (C=O) groups is 2. The van der Waals surface area contributed by atoms with Crippen molar-refractivity contribution in [2.75, 3.05) is 6.61 Å². The van der Waals surface area contributed by atoms with Gasteiger partial charge in [-0.2, -0.15) is 0 Å². The SMILES string of the molecule is CCCCCCC(=C(C(=O)O)C(=O)OCCCC)c1ccccc1. The number of carbonyl (C=O) groups excluding carboxylic acids is 1. The minimum absolute atomic E-state index is 0.228.